The van der Waals surface area contributed by atoms with Crippen LogP contribution < -0.4 is 9.62 Å². The number of rotatable bonds is 5. The summed E-state index contributed by atoms with van der Waals surface area (Å²) in [6.07, 6.45) is 0. The fourth-order valence-corrected chi connectivity index (χ4v) is 4.36. The maximum atomic E-state index is 12.8. The van der Waals surface area contributed by atoms with E-state index in [-0.39, 0.29) is 10.8 Å². The molecule has 1 amide bonds. The Morgan fingerprint density at radius 2 is 1.78 bits per heavy atom. The molecule has 1 heterocycles. The average molecular weight is 408 g/mol. The van der Waals surface area contributed by atoms with Crippen molar-refractivity contribution in [1.82, 2.24) is 9.62 Å². The highest BCUT2D eigenvalue weighted by Gasteiger charge is 2.23. The highest BCUT2D eigenvalue weighted by Crippen LogP contribution is 2.21. The topological polar surface area (TPSA) is 69.7 Å². The number of anilines is 1. The number of halogens is 1. The molecule has 8 heteroatoms. The molecule has 27 heavy (non-hydrogen) atoms. The second-order valence-corrected chi connectivity index (χ2v) is 8.49. The van der Waals surface area contributed by atoms with Crippen molar-refractivity contribution in [1.29, 1.82) is 0 Å². The Labute approximate surface area is 164 Å². The van der Waals surface area contributed by atoms with Gasteiger partial charge in [0.15, 0.2) is 0 Å². The molecule has 0 bridgehead atoms. The van der Waals surface area contributed by atoms with E-state index in [1.807, 2.05) is 24.3 Å². The van der Waals surface area contributed by atoms with E-state index in [1.165, 1.54) is 12.1 Å². The molecule has 0 saturated carbocycles. The molecule has 3 rings (SSSR count). The van der Waals surface area contributed by atoms with Crippen LogP contribution >= 0.6 is 11.6 Å². The van der Waals surface area contributed by atoms with Gasteiger partial charge in [0.25, 0.3) is 5.91 Å². The van der Waals surface area contributed by atoms with Crippen LogP contribution in [0, 0.1) is 0 Å². The van der Waals surface area contributed by atoms with Crippen molar-refractivity contribution in [2.75, 3.05) is 37.6 Å². The number of benzene rings is 2. The molecule has 6 nitrogen and oxygen atoms in total. The molecule has 1 aliphatic rings. The van der Waals surface area contributed by atoms with E-state index < -0.39 is 10.0 Å². The molecule has 0 aliphatic carbocycles. The Morgan fingerprint density at radius 1 is 1.07 bits per heavy atom. The molecule has 0 radical (unpaired) electrons. The largest absolute Gasteiger partial charge is 0.368 e. The van der Waals surface area contributed by atoms with Gasteiger partial charge in [-0.25, -0.2) is 13.1 Å². The Balaban J connectivity index is 1.69. The molecular weight excluding hydrogens is 386 g/mol. The number of piperazine rings is 1. The van der Waals surface area contributed by atoms with Crippen LogP contribution in [0.25, 0.3) is 0 Å². The minimum atomic E-state index is -3.59. The van der Waals surface area contributed by atoms with Crippen LogP contribution in [-0.2, 0) is 10.0 Å². The van der Waals surface area contributed by atoms with Crippen LogP contribution in [0.1, 0.15) is 17.3 Å². The summed E-state index contributed by atoms with van der Waals surface area (Å²) in [5.41, 5.74) is 1.42. The molecule has 1 N–H and O–H groups in total. The van der Waals surface area contributed by atoms with E-state index in [1.54, 1.807) is 24.0 Å². The second-order valence-electron chi connectivity index (χ2n) is 6.29. The summed E-state index contributed by atoms with van der Waals surface area (Å²) >= 11 is 6.05. The summed E-state index contributed by atoms with van der Waals surface area (Å²) < 4.78 is 26.8. The molecule has 1 fully saturated rings. The van der Waals surface area contributed by atoms with E-state index in [0.717, 1.165) is 5.69 Å². The summed E-state index contributed by atoms with van der Waals surface area (Å²) in [6.45, 7) is 4.53. The minimum absolute atomic E-state index is 0.104. The summed E-state index contributed by atoms with van der Waals surface area (Å²) in [4.78, 5) is 16.8. The third-order valence-corrected chi connectivity index (χ3v) is 6.24. The maximum Gasteiger partial charge on any atom is 0.254 e. The molecule has 0 atom stereocenters. The first-order valence-corrected chi connectivity index (χ1v) is 10.7. The van der Waals surface area contributed by atoms with Gasteiger partial charge < -0.3 is 9.80 Å². The van der Waals surface area contributed by atoms with Crippen molar-refractivity contribution in [2.24, 2.45) is 0 Å². The molecule has 1 aliphatic heterocycles. The molecule has 2 aromatic rings. The van der Waals surface area contributed by atoms with Crippen molar-refractivity contribution in [2.45, 2.75) is 11.8 Å². The number of carbonyl (C=O) groups excluding carboxylic acids is 1. The lowest BCUT2D eigenvalue weighted by atomic mass is 10.1. The zero-order chi connectivity index (χ0) is 19.4. The molecule has 2 aromatic carbocycles. The normalized spacial score (nSPS) is 15.0. The van der Waals surface area contributed by atoms with Crippen LogP contribution in [0.3, 0.4) is 0 Å². The highest BCUT2D eigenvalue weighted by molar-refractivity contribution is 7.89. The second kappa shape index (κ2) is 8.29. The van der Waals surface area contributed by atoms with Crippen molar-refractivity contribution in [3.63, 3.8) is 0 Å². The number of amides is 1. The fourth-order valence-electron chi connectivity index (χ4n) is 3.09. The van der Waals surface area contributed by atoms with Gasteiger partial charge in [0, 0.05) is 49.0 Å². The zero-order valence-electron chi connectivity index (χ0n) is 15.1. The summed E-state index contributed by atoms with van der Waals surface area (Å²) in [6, 6.07) is 13.8. The predicted octanol–water partition coefficient (Wildman–Crippen LogP) is 2.60. The lowest BCUT2D eigenvalue weighted by Gasteiger charge is -2.36. The van der Waals surface area contributed by atoms with Gasteiger partial charge in [0.2, 0.25) is 10.0 Å². The third-order valence-electron chi connectivity index (χ3n) is 4.47. The monoisotopic (exact) mass is 407 g/mol. The molecule has 144 valence electrons. The Kier molecular flexibility index (Phi) is 6.04. The van der Waals surface area contributed by atoms with E-state index >= 15 is 0 Å². The lowest BCUT2D eigenvalue weighted by molar-refractivity contribution is 0.0746. The molecule has 0 unspecified atom stereocenters. The number of nitrogens with one attached hydrogen (secondary N) is 1. The first kappa shape index (κ1) is 19.7. The van der Waals surface area contributed by atoms with Gasteiger partial charge in [-0.2, -0.15) is 0 Å². The van der Waals surface area contributed by atoms with Crippen LogP contribution in [0.5, 0.6) is 0 Å². The average Bonchev–Trinajstić information content (AvgIpc) is 2.68. The number of sulfonamides is 1. The van der Waals surface area contributed by atoms with E-state index in [4.69, 9.17) is 11.6 Å². The number of nitrogens with zero attached hydrogens (tertiary/aromatic N) is 2. The number of carbonyl (C=O) groups is 1. The van der Waals surface area contributed by atoms with E-state index in [2.05, 4.69) is 9.62 Å². The van der Waals surface area contributed by atoms with Crippen molar-refractivity contribution in [3.05, 3.63) is 59.1 Å². The predicted molar refractivity (Wildman–Crippen MR) is 107 cm³/mol. The minimum Gasteiger partial charge on any atom is -0.368 e. The van der Waals surface area contributed by atoms with Crippen LogP contribution in [0.4, 0.5) is 5.69 Å². The maximum absolute atomic E-state index is 12.8. The Morgan fingerprint density at radius 3 is 2.44 bits per heavy atom. The smallest absolute Gasteiger partial charge is 0.254 e. The Hall–Kier alpha value is -2.09. The molecule has 0 spiro atoms. The quantitative estimate of drug-likeness (QED) is 0.827. The first-order valence-electron chi connectivity index (χ1n) is 8.80. The number of hydrogen-bond acceptors (Lipinski definition) is 4. The van der Waals surface area contributed by atoms with Gasteiger partial charge in [0.05, 0.1) is 4.90 Å². The van der Waals surface area contributed by atoms with Crippen LogP contribution in [-0.4, -0.2) is 51.9 Å². The lowest BCUT2D eigenvalue weighted by Crippen LogP contribution is -2.48. The van der Waals surface area contributed by atoms with Crippen molar-refractivity contribution in [3.8, 4) is 0 Å². The van der Waals surface area contributed by atoms with E-state index in [0.29, 0.717) is 43.3 Å². The third kappa shape index (κ3) is 4.61. The fraction of sp³-hybridized carbons (Fsp3) is 0.316. The van der Waals surface area contributed by atoms with Crippen molar-refractivity contribution >= 4 is 33.2 Å². The van der Waals surface area contributed by atoms with Gasteiger partial charge in [-0.3, -0.25) is 4.79 Å². The summed E-state index contributed by atoms with van der Waals surface area (Å²) in [7, 11) is -3.59. The van der Waals surface area contributed by atoms with Crippen LogP contribution in [0.15, 0.2) is 53.4 Å². The van der Waals surface area contributed by atoms with Gasteiger partial charge >= 0.3 is 0 Å². The van der Waals surface area contributed by atoms with Gasteiger partial charge in [-0.1, -0.05) is 30.7 Å². The van der Waals surface area contributed by atoms with E-state index in [9.17, 15) is 13.2 Å². The highest BCUT2D eigenvalue weighted by atomic mass is 35.5. The molecule has 0 aromatic heterocycles. The number of hydrogen-bond donors (Lipinski definition) is 1. The van der Waals surface area contributed by atoms with Crippen LogP contribution in [0.2, 0.25) is 5.02 Å². The SMILES string of the molecule is CCNS(=O)(=O)c1cccc(C(=O)N2CCN(c3cccc(Cl)c3)CC2)c1. The van der Waals surface area contributed by atoms with Gasteiger partial charge in [-0.05, 0) is 36.4 Å². The van der Waals surface area contributed by atoms with Crippen molar-refractivity contribution < 1.29 is 13.2 Å². The summed E-state index contributed by atoms with van der Waals surface area (Å²) in [5, 5.41) is 0.685. The van der Waals surface area contributed by atoms with Gasteiger partial charge in [0.1, 0.15) is 0 Å². The van der Waals surface area contributed by atoms with Gasteiger partial charge in [-0.15, -0.1) is 0 Å². The zero-order valence-corrected chi connectivity index (χ0v) is 16.6. The summed E-state index contributed by atoms with van der Waals surface area (Å²) in [5.74, 6) is -0.158. The molecule has 1 saturated heterocycles. The first-order chi connectivity index (χ1) is 12.9. The molecular formula is C19H22ClN3O3S. The standard InChI is InChI=1S/C19H22ClN3O3S/c1-2-21-27(25,26)18-8-3-5-15(13-18)19(24)23-11-9-22(10-12-23)17-7-4-6-16(20)14-17/h3-8,13-14,21H,2,9-12H2,1H3. The Bertz CT molecular complexity index is 925.